The van der Waals surface area contributed by atoms with Gasteiger partial charge in [-0.15, -0.1) is 0 Å². The topological polar surface area (TPSA) is 79.0 Å². The van der Waals surface area contributed by atoms with E-state index in [1.54, 1.807) is 6.07 Å². The summed E-state index contributed by atoms with van der Waals surface area (Å²) in [5, 5.41) is 0.748. The van der Waals surface area contributed by atoms with E-state index >= 15 is 0 Å². The fraction of sp³-hybridized carbons (Fsp3) is 0.206. The number of benzene rings is 4. The van der Waals surface area contributed by atoms with Crippen molar-refractivity contribution in [1.29, 1.82) is 0 Å². The molecule has 6 nitrogen and oxygen atoms in total. The van der Waals surface area contributed by atoms with Crippen molar-refractivity contribution in [2.24, 2.45) is 10.7 Å². The summed E-state index contributed by atoms with van der Waals surface area (Å²) >= 11 is 6.35. The zero-order valence-electron chi connectivity index (χ0n) is 23.3. The van der Waals surface area contributed by atoms with Gasteiger partial charge in [0.05, 0.1) is 6.54 Å². The lowest BCUT2D eigenvalue weighted by atomic mass is 9.83. The molecule has 4 aromatic carbocycles. The van der Waals surface area contributed by atoms with Crippen LogP contribution >= 0.6 is 11.6 Å². The van der Waals surface area contributed by atoms with Crippen LogP contribution in [-0.4, -0.2) is 34.1 Å². The number of carbonyl (C=O) groups is 2. The molecule has 7 heteroatoms. The van der Waals surface area contributed by atoms with E-state index < -0.39 is 5.54 Å². The maximum absolute atomic E-state index is 14.1. The zero-order valence-corrected chi connectivity index (χ0v) is 24.0. The molecule has 208 valence electrons. The van der Waals surface area contributed by atoms with Gasteiger partial charge in [-0.2, -0.15) is 0 Å². The molecule has 41 heavy (non-hydrogen) atoms. The van der Waals surface area contributed by atoms with E-state index in [4.69, 9.17) is 22.3 Å². The Balaban J connectivity index is 0.00000165. The van der Waals surface area contributed by atoms with Crippen LogP contribution in [0.5, 0.6) is 0 Å². The molecule has 0 atom stereocenters. The molecule has 6 rings (SSSR count). The Labute approximate surface area is 246 Å². The third-order valence-corrected chi connectivity index (χ3v) is 7.86. The van der Waals surface area contributed by atoms with E-state index in [2.05, 4.69) is 0 Å². The first-order valence-electron chi connectivity index (χ1n) is 13.9. The summed E-state index contributed by atoms with van der Waals surface area (Å²) in [6, 6.07) is 32.2. The van der Waals surface area contributed by atoms with Crippen LogP contribution in [-0.2, 0) is 29.8 Å². The smallest absolute Gasteiger partial charge is 0.266 e. The molecule has 2 amide bonds. The molecule has 2 heterocycles. The zero-order chi connectivity index (χ0) is 29.0. The molecule has 0 fully saturated rings. The first kappa shape index (κ1) is 28.1. The van der Waals surface area contributed by atoms with Gasteiger partial charge >= 0.3 is 0 Å². The number of nitrogens with two attached hydrogens (primary N) is 1. The van der Waals surface area contributed by atoms with Gasteiger partial charge in [-0.3, -0.25) is 14.5 Å². The fourth-order valence-corrected chi connectivity index (χ4v) is 5.83. The lowest BCUT2D eigenvalue weighted by Crippen LogP contribution is -2.43. The highest BCUT2D eigenvalue weighted by molar-refractivity contribution is 6.31. The third kappa shape index (κ3) is 5.23. The molecule has 0 aromatic heterocycles. The molecule has 2 aliphatic rings. The monoisotopic (exact) mass is 564 g/mol. The van der Waals surface area contributed by atoms with Gasteiger partial charge in [0, 0.05) is 23.7 Å². The Morgan fingerprint density at radius 2 is 1.54 bits per heavy atom. The third-order valence-electron chi connectivity index (χ3n) is 7.51. The molecule has 0 saturated carbocycles. The molecule has 0 aliphatic carbocycles. The molecule has 0 unspecified atom stereocenters. The van der Waals surface area contributed by atoms with Crippen molar-refractivity contribution in [2.75, 3.05) is 6.54 Å². The van der Waals surface area contributed by atoms with Crippen LogP contribution in [0, 0.1) is 0 Å². The van der Waals surface area contributed by atoms with E-state index in [1.165, 1.54) is 4.90 Å². The van der Waals surface area contributed by atoms with Gasteiger partial charge in [0.1, 0.15) is 0 Å². The van der Waals surface area contributed by atoms with E-state index in [1.807, 2.05) is 116 Å². The second-order valence-corrected chi connectivity index (χ2v) is 10.3. The highest BCUT2D eigenvalue weighted by Crippen LogP contribution is 2.40. The van der Waals surface area contributed by atoms with Crippen LogP contribution in [0.1, 0.15) is 52.0 Å². The van der Waals surface area contributed by atoms with E-state index in [0.717, 1.165) is 39.3 Å². The highest BCUT2D eigenvalue weighted by Gasteiger charge is 2.50. The van der Waals surface area contributed by atoms with Crippen LogP contribution in [0.15, 0.2) is 108 Å². The van der Waals surface area contributed by atoms with Gasteiger partial charge < -0.3 is 10.6 Å². The van der Waals surface area contributed by atoms with Gasteiger partial charge in [-0.25, -0.2) is 4.99 Å². The standard InChI is InChI=1S/C32H27ClN4O2.C2H6/c33-28-16-8-11-24-21-36(18-17-27(24)28)29(38)23-10-7-9-22(19-23)20-37-30(39)32(35-31(37)34,25-12-3-1-4-13-25)26-14-5-2-6-15-26;1-2/h1-16,19H,17-18,20-21H2,(H2,34,35);1-2H3. The number of aliphatic imine (C=N–C) groups is 1. The molecule has 2 aliphatic heterocycles. The van der Waals surface area contributed by atoms with Gasteiger partial charge in [0.2, 0.25) is 0 Å². The molecule has 0 saturated heterocycles. The van der Waals surface area contributed by atoms with Crippen molar-refractivity contribution >= 4 is 29.4 Å². The number of guanidine groups is 1. The molecular weight excluding hydrogens is 532 g/mol. The minimum atomic E-state index is -1.26. The Morgan fingerprint density at radius 1 is 0.902 bits per heavy atom. The summed E-state index contributed by atoms with van der Waals surface area (Å²) in [6.07, 6.45) is 0.719. The molecule has 0 radical (unpaired) electrons. The Kier molecular flexibility index (Phi) is 8.22. The number of hydrogen-bond acceptors (Lipinski definition) is 4. The lowest BCUT2D eigenvalue weighted by Gasteiger charge is -2.29. The van der Waals surface area contributed by atoms with E-state index in [9.17, 15) is 9.59 Å². The van der Waals surface area contributed by atoms with Crippen LogP contribution < -0.4 is 5.73 Å². The second-order valence-electron chi connectivity index (χ2n) is 9.86. The van der Waals surface area contributed by atoms with Crippen LogP contribution in [0.3, 0.4) is 0 Å². The SMILES string of the molecule is CC.NC1=NC(c2ccccc2)(c2ccccc2)C(=O)N1Cc1cccc(C(=O)N2CCc3c(Cl)cccc3C2)c1. The summed E-state index contributed by atoms with van der Waals surface area (Å²) in [5.74, 6) is -0.132. The summed E-state index contributed by atoms with van der Waals surface area (Å²) in [7, 11) is 0. The predicted octanol–water partition coefficient (Wildman–Crippen LogP) is 6.17. The van der Waals surface area contributed by atoms with Gasteiger partial charge in [0.15, 0.2) is 11.5 Å². The summed E-state index contributed by atoms with van der Waals surface area (Å²) in [6.45, 7) is 5.32. The van der Waals surface area contributed by atoms with Crippen molar-refractivity contribution in [3.63, 3.8) is 0 Å². The minimum Gasteiger partial charge on any atom is -0.369 e. The maximum atomic E-state index is 14.1. The largest absolute Gasteiger partial charge is 0.369 e. The highest BCUT2D eigenvalue weighted by atomic mass is 35.5. The minimum absolute atomic E-state index is 0.0558. The number of carbonyl (C=O) groups excluding carboxylic acids is 2. The number of rotatable bonds is 5. The number of amides is 2. The average Bonchev–Trinajstić information content (AvgIpc) is 3.28. The van der Waals surface area contributed by atoms with E-state index in [-0.39, 0.29) is 24.3 Å². The summed E-state index contributed by atoms with van der Waals surface area (Å²) in [5.41, 5.74) is 10.2. The molecular formula is C34H33ClN4O2. The van der Waals surface area contributed by atoms with Crippen LogP contribution in [0.4, 0.5) is 0 Å². The van der Waals surface area contributed by atoms with Crippen molar-refractivity contribution in [3.8, 4) is 0 Å². The van der Waals surface area contributed by atoms with E-state index in [0.29, 0.717) is 18.7 Å². The summed E-state index contributed by atoms with van der Waals surface area (Å²) in [4.78, 5) is 35.7. The van der Waals surface area contributed by atoms with Gasteiger partial charge in [-0.1, -0.05) is 110 Å². The van der Waals surface area contributed by atoms with Crippen LogP contribution in [0.25, 0.3) is 0 Å². The number of nitrogens with zero attached hydrogens (tertiary/aromatic N) is 3. The summed E-state index contributed by atoms with van der Waals surface area (Å²) < 4.78 is 0. The quantitative estimate of drug-likeness (QED) is 0.315. The Bertz CT molecular complexity index is 1550. The predicted molar refractivity (Wildman–Crippen MR) is 164 cm³/mol. The van der Waals surface area contributed by atoms with Crippen molar-refractivity contribution in [2.45, 2.75) is 38.9 Å². The van der Waals surface area contributed by atoms with Crippen LogP contribution in [0.2, 0.25) is 5.02 Å². The number of hydrogen-bond donors (Lipinski definition) is 1. The van der Waals surface area contributed by atoms with Gasteiger partial charge in [0.25, 0.3) is 11.8 Å². The average molecular weight is 565 g/mol. The Morgan fingerprint density at radius 3 is 2.20 bits per heavy atom. The van der Waals surface area contributed by atoms with Crippen molar-refractivity contribution in [1.82, 2.24) is 9.80 Å². The fourth-order valence-electron chi connectivity index (χ4n) is 5.54. The lowest BCUT2D eigenvalue weighted by molar-refractivity contribution is -0.130. The number of fused-ring (bicyclic) bond motifs is 1. The van der Waals surface area contributed by atoms with Gasteiger partial charge in [-0.05, 0) is 52.4 Å². The van der Waals surface area contributed by atoms with Crippen molar-refractivity contribution in [3.05, 3.63) is 142 Å². The first-order chi connectivity index (χ1) is 20.0. The Hall–Kier alpha value is -4.42. The molecule has 0 bridgehead atoms. The number of halogens is 1. The van der Waals surface area contributed by atoms with Crippen molar-refractivity contribution < 1.29 is 9.59 Å². The molecule has 4 aromatic rings. The molecule has 0 spiro atoms. The maximum Gasteiger partial charge on any atom is 0.266 e. The molecule has 2 N–H and O–H groups in total. The first-order valence-corrected chi connectivity index (χ1v) is 14.3. The normalized spacial score (nSPS) is 15.5. The second kappa shape index (κ2) is 12.0.